The van der Waals surface area contributed by atoms with Crippen molar-refractivity contribution >= 4 is 5.91 Å². The van der Waals surface area contributed by atoms with Crippen molar-refractivity contribution in [3.05, 3.63) is 84.4 Å². The Hall–Kier alpha value is -2.43. The van der Waals surface area contributed by atoms with Gasteiger partial charge < -0.3 is 14.7 Å². The third-order valence-electron chi connectivity index (χ3n) is 5.98. The number of carbonyl (C=O) groups is 1. The summed E-state index contributed by atoms with van der Waals surface area (Å²) in [6, 6.07) is 19.4. The van der Waals surface area contributed by atoms with Crippen LogP contribution >= 0.6 is 0 Å². The van der Waals surface area contributed by atoms with Crippen molar-refractivity contribution < 1.29 is 14.6 Å². The molecule has 2 aromatic carbocycles. The van der Waals surface area contributed by atoms with Crippen LogP contribution < -0.4 is 0 Å². The van der Waals surface area contributed by atoms with E-state index in [4.69, 9.17) is 4.74 Å². The molecule has 0 bridgehead atoms. The topological polar surface area (TPSA) is 49.8 Å². The number of ether oxygens (including phenoxy) is 1. The number of benzene rings is 2. The van der Waals surface area contributed by atoms with Crippen LogP contribution in [-0.2, 0) is 21.6 Å². The molecule has 2 atom stereocenters. The third kappa shape index (κ3) is 4.50. The number of nitrogens with zero attached hydrogens (tertiary/aromatic N) is 1. The predicted octanol–water partition coefficient (Wildman–Crippen LogP) is 4.83. The predicted molar refractivity (Wildman–Crippen MR) is 120 cm³/mol. The molecule has 1 amide bonds. The van der Waals surface area contributed by atoms with Gasteiger partial charge in [0.25, 0.3) is 0 Å². The lowest BCUT2D eigenvalue weighted by Gasteiger charge is -2.37. The second-order valence-electron chi connectivity index (χ2n) is 9.19. The molecule has 1 aliphatic rings. The van der Waals surface area contributed by atoms with Crippen molar-refractivity contribution in [2.24, 2.45) is 0 Å². The summed E-state index contributed by atoms with van der Waals surface area (Å²) >= 11 is 0. The van der Waals surface area contributed by atoms with E-state index < -0.39 is 16.9 Å². The van der Waals surface area contributed by atoms with Crippen LogP contribution in [0.4, 0.5) is 0 Å². The molecule has 160 valence electrons. The molecule has 1 N–H and O–H groups in total. The summed E-state index contributed by atoms with van der Waals surface area (Å²) in [6.07, 6.45) is 2.62. The molecule has 3 rings (SSSR count). The average molecular weight is 408 g/mol. The zero-order valence-electron chi connectivity index (χ0n) is 18.5. The van der Waals surface area contributed by atoms with Gasteiger partial charge in [0.15, 0.2) is 0 Å². The minimum absolute atomic E-state index is 0.0306. The van der Waals surface area contributed by atoms with Gasteiger partial charge >= 0.3 is 0 Å². The van der Waals surface area contributed by atoms with Gasteiger partial charge in [0.1, 0.15) is 11.3 Å². The van der Waals surface area contributed by atoms with Crippen molar-refractivity contribution in [1.82, 2.24) is 4.90 Å². The SMILES string of the molecule is C=CC[C@](O)(CC(=O)N1[C@@H](Cc2ccccc2)C(C)(C)OC1(C)C)c1ccccc1. The Morgan fingerprint density at radius 1 is 1.10 bits per heavy atom. The van der Waals surface area contributed by atoms with Crippen molar-refractivity contribution in [3.63, 3.8) is 0 Å². The summed E-state index contributed by atoms with van der Waals surface area (Å²) in [5.74, 6) is -0.125. The summed E-state index contributed by atoms with van der Waals surface area (Å²) in [5.41, 5.74) is -0.723. The van der Waals surface area contributed by atoms with E-state index in [1.165, 1.54) is 0 Å². The Kier molecular flexibility index (Phi) is 6.21. The highest BCUT2D eigenvalue weighted by Crippen LogP contribution is 2.42. The Labute approximate surface area is 180 Å². The van der Waals surface area contributed by atoms with Crippen LogP contribution in [0.2, 0.25) is 0 Å². The van der Waals surface area contributed by atoms with E-state index in [1.54, 1.807) is 6.08 Å². The first kappa shape index (κ1) is 22.3. The minimum atomic E-state index is -1.31. The van der Waals surface area contributed by atoms with E-state index in [9.17, 15) is 9.90 Å². The summed E-state index contributed by atoms with van der Waals surface area (Å²) in [5, 5.41) is 11.4. The van der Waals surface area contributed by atoms with Crippen LogP contribution in [0, 0.1) is 0 Å². The molecule has 0 unspecified atom stereocenters. The summed E-state index contributed by atoms with van der Waals surface area (Å²) in [6.45, 7) is 11.7. The third-order valence-corrected chi connectivity index (χ3v) is 5.98. The first-order valence-electron chi connectivity index (χ1n) is 10.5. The summed E-state index contributed by atoms with van der Waals surface area (Å²) in [4.78, 5) is 15.5. The molecule has 0 aromatic heterocycles. The minimum Gasteiger partial charge on any atom is -0.384 e. The van der Waals surface area contributed by atoms with E-state index in [1.807, 2.05) is 81.1 Å². The molecule has 4 nitrogen and oxygen atoms in total. The second kappa shape index (κ2) is 8.37. The largest absolute Gasteiger partial charge is 0.384 e. The fourth-order valence-corrected chi connectivity index (χ4v) is 4.71. The Morgan fingerprint density at radius 3 is 2.23 bits per heavy atom. The lowest BCUT2D eigenvalue weighted by atomic mass is 9.85. The molecule has 0 aliphatic carbocycles. The van der Waals surface area contributed by atoms with Crippen molar-refractivity contribution in [2.75, 3.05) is 0 Å². The zero-order chi connectivity index (χ0) is 22.0. The van der Waals surface area contributed by atoms with Crippen LogP contribution in [-0.4, -0.2) is 33.3 Å². The smallest absolute Gasteiger partial charge is 0.228 e. The van der Waals surface area contributed by atoms with Crippen LogP contribution in [0.1, 0.15) is 51.7 Å². The van der Waals surface area contributed by atoms with Gasteiger partial charge in [-0.3, -0.25) is 4.79 Å². The fourth-order valence-electron chi connectivity index (χ4n) is 4.71. The average Bonchev–Trinajstić information content (AvgIpc) is 2.86. The summed E-state index contributed by atoms with van der Waals surface area (Å²) < 4.78 is 6.34. The second-order valence-corrected chi connectivity index (χ2v) is 9.19. The normalized spacial score (nSPS) is 21.8. The number of aliphatic hydroxyl groups is 1. The molecule has 0 saturated carbocycles. The molecule has 4 heteroatoms. The molecule has 1 fully saturated rings. The van der Waals surface area contributed by atoms with Gasteiger partial charge in [-0.25, -0.2) is 0 Å². The van der Waals surface area contributed by atoms with Crippen LogP contribution in [0.3, 0.4) is 0 Å². The molecule has 0 radical (unpaired) electrons. The van der Waals surface area contributed by atoms with Gasteiger partial charge in [0, 0.05) is 0 Å². The maximum Gasteiger partial charge on any atom is 0.228 e. The highest BCUT2D eigenvalue weighted by molar-refractivity contribution is 5.79. The highest BCUT2D eigenvalue weighted by atomic mass is 16.6. The van der Waals surface area contributed by atoms with E-state index >= 15 is 0 Å². The van der Waals surface area contributed by atoms with Gasteiger partial charge in [-0.2, -0.15) is 0 Å². The molecular formula is C26H33NO3. The zero-order valence-corrected chi connectivity index (χ0v) is 18.5. The van der Waals surface area contributed by atoms with Crippen LogP contribution in [0.5, 0.6) is 0 Å². The molecule has 30 heavy (non-hydrogen) atoms. The maximum atomic E-state index is 13.7. The Bertz CT molecular complexity index is 876. The summed E-state index contributed by atoms with van der Waals surface area (Å²) in [7, 11) is 0. The quantitative estimate of drug-likeness (QED) is 0.669. The van der Waals surface area contributed by atoms with E-state index in [2.05, 4.69) is 18.7 Å². The number of carbonyl (C=O) groups excluding carboxylic acids is 1. The lowest BCUT2D eigenvalue weighted by Crippen LogP contribution is -2.52. The molecule has 0 spiro atoms. The first-order chi connectivity index (χ1) is 14.1. The monoisotopic (exact) mass is 407 g/mol. The molecule has 1 saturated heterocycles. The van der Waals surface area contributed by atoms with Gasteiger partial charge in [-0.15, -0.1) is 6.58 Å². The van der Waals surface area contributed by atoms with Crippen molar-refractivity contribution in [1.29, 1.82) is 0 Å². The molecule has 2 aromatic rings. The van der Waals surface area contributed by atoms with E-state index in [-0.39, 0.29) is 18.4 Å². The first-order valence-corrected chi connectivity index (χ1v) is 10.5. The standard InChI is InChI=1S/C26H33NO3/c1-6-17-26(29,21-15-11-8-12-16-21)19-23(28)27-22(18-20-13-9-7-10-14-20)24(2,3)30-25(27,4)5/h6-16,22,29H,1,17-19H2,2-5H3/t22-,26-/m0/s1. The highest BCUT2D eigenvalue weighted by Gasteiger charge is 2.54. The molecule has 1 aliphatic heterocycles. The molecule has 1 heterocycles. The molecular weight excluding hydrogens is 374 g/mol. The van der Waals surface area contributed by atoms with Gasteiger partial charge in [-0.1, -0.05) is 66.7 Å². The Balaban J connectivity index is 1.93. The lowest BCUT2D eigenvalue weighted by molar-refractivity contribution is -0.154. The van der Waals surface area contributed by atoms with Crippen molar-refractivity contribution in [3.8, 4) is 0 Å². The number of hydrogen-bond acceptors (Lipinski definition) is 3. The fraction of sp³-hybridized carbons (Fsp3) is 0.423. The van der Waals surface area contributed by atoms with Gasteiger partial charge in [-0.05, 0) is 51.7 Å². The number of amides is 1. The van der Waals surface area contributed by atoms with Crippen LogP contribution in [0.15, 0.2) is 73.3 Å². The maximum absolute atomic E-state index is 13.7. The van der Waals surface area contributed by atoms with Gasteiger partial charge in [0.05, 0.1) is 18.1 Å². The van der Waals surface area contributed by atoms with Crippen molar-refractivity contribution in [2.45, 2.75) is 69.9 Å². The number of hydrogen-bond donors (Lipinski definition) is 1. The Morgan fingerprint density at radius 2 is 1.67 bits per heavy atom. The van der Waals surface area contributed by atoms with Gasteiger partial charge in [0.2, 0.25) is 5.91 Å². The van der Waals surface area contributed by atoms with E-state index in [0.717, 1.165) is 11.1 Å². The van der Waals surface area contributed by atoms with E-state index in [0.29, 0.717) is 12.8 Å². The number of rotatable bonds is 7. The van der Waals surface area contributed by atoms with Crippen LogP contribution in [0.25, 0.3) is 0 Å².